The lowest BCUT2D eigenvalue weighted by molar-refractivity contribution is -0.126. The molecule has 6 heteroatoms. The zero-order valence-electron chi connectivity index (χ0n) is 15.2. The number of benzene rings is 2. The van der Waals surface area contributed by atoms with E-state index >= 15 is 0 Å². The molecule has 0 aliphatic carbocycles. The maximum Gasteiger partial charge on any atom is 0.298 e. The molecule has 5 nitrogen and oxygen atoms in total. The molecule has 1 aromatic heterocycles. The van der Waals surface area contributed by atoms with Gasteiger partial charge in [0.15, 0.2) is 5.58 Å². The molecular weight excluding hydrogens is 362 g/mol. The Morgan fingerprint density at radius 3 is 2.59 bits per heavy atom. The average molecular weight is 384 g/mol. The maximum atomic E-state index is 12.6. The van der Waals surface area contributed by atoms with Crippen LogP contribution in [0.3, 0.4) is 0 Å². The molecule has 1 fully saturated rings. The summed E-state index contributed by atoms with van der Waals surface area (Å²) in [7, 11) is 0. The van der Waals surface area contributed by atoms with Gasteiger partial charge in [-0.25, -0.2) is 0 Å². The van der Waals surface area contributed by atoms with Crippen molar-refractivity contribution in [3.63, 3.8) is 0 Å². The van der Waals surface area contributed by atoms with Crippen molar-refractivity contribution in [1.29, 1.82) is 0 Å². The molecule has 1 amide bonds. The number of oxazole rings is 1. The van der Waals surface area contributed by atoms with Crippen LogP contribution < -0.4 is 10.2 Å². The summed E-state index contributed by atoms with van der Waals surface area (Å²) in [6, 6.07) is 15.9. The van der Waals surface area contributed by atoms with E-state index in [4.69, 9.17) is 16.0 Å². The number of hydrogen-bond donors (Lipinski definition) is 1. The molecule has 4 rings (SSSR count). The second kappa shape index (κ2) is 7.61. The Hall–Kier alpha value is -2.53. The molecule has 0 bridgehead atoms. The number of halogens is 1. The van der Waals surface area contributed by atoms with E-state index in [9.17, 15) is 4.79 Å². The average Bonchev–Trinajstić information content (AvgIpc) is 3.13. The van der Waals surface area contributed by atoms with Crippen molar-refractivity contribution in [2.24, 2.45) is 5.92 Å². The van der Waals surface area contributed by atoms with E-state index in [-0.39, 0.29) is 17.9 Å². The summed E-state index contributed by atoms with van der Waals surface area (Å²) in [6.07, 6.45) is 1.58. The molecule has 2 heterocycles. The van der Waals surface area contributed by atoms with Gasteiger partial charge in [0.2, 0.25) is 5.91 Å². The van der Waals surface area contributed by atoms with Gasteiger partial charge < -0.3 is 14.6 Å². The molecule has 0 spiro atoms. The Labute approximate surface area is 163 Å². The van der Waals surface area contributed by atoms with Gasteiger partial charge in [-0.15, -0.1) is 0 Å². The number of nitrogens with one attached hydrogen (secondary N) is 1. The summed E-state index contributed by atoms with van der Waals surface area (Å²) in [4.78, 5) is 19.3. The van der Waals surface area contributed by atoms with Gasteiger partial charge in [-0.1, -0.05) is 35.9 Å². The van der Waals surface area contributed by atoms with E-state index in [0.717, 1.165) is 42.6 Å². The SMILES string of the molecule is CC(NC(=O)C1CCN(c2nc3ccccc3o2)CC1)c1ccc(Cl)cc1. The van der Waals surface area contributed by atoms with Crippen LogP contribution in [0.5, 0.6) is 0 Å². The largest absolute Gasteiger partial charge is 0.423 e. The summed E-state index contributed by atoms with van der Waals surface area (Å²) in [5.41, 5.74) is 2.71. The minimum absolute atomic E-state index is 0.0142. The minimum Gasteiger partial charge on any atom is -0.423 e. The lowest BCUT2D eigenvalue weighted by Crippen LogP contribution is -2.41. The fourth-order valence-electron chi connectivity index (χ4n) is 3.49. The van der Waals surface area contributed by atoms with Crippen molar-refractivity contribution in [2.45, 2.75) is 25.8 Å². The molecule has 1 N–H and O–H groups in total. The molecule has 1 aliphatic rings. The number of fused-ring (bicyclic) bond motifs is 1. The molecule has 2 aromatic carbocycles. The van der Waals surface area contributed by atoms with Crippen LogP contribution in [0.4, 0.5) is 6.01 Å². The Morgan fingerprint density at radius 2 is 1.89 bits per heavy atom. The van der Waals surface area contributed by atoms with Crippen LogP contribution in [-0.4, -0.2) is 24.0 Å². The first-order valence-electron chi connectivity index (χ1n) is 9.26. The molecule has 0 saturated carbocycles. The molecule has 0 radical (unpaired) electrons. The van der Waals surface area contributed by atoms with Crippen molar-refractivity contribution in [1.82, 2.24) is 10.3 Å². The van der Waals surface area contributed by atoms with E-state index in [1.54, 1.807) is 0 Å². The molecular formula is C21H22ClN3O2. The predicted molar refractivity (Wildman–Crippen MR) is 107 cm³/mol. The smallest absolute Gasteiger partial charge is 0.298 e. The zero-order valence-corrected chi connectivity index (χ0v) is 15.9. The van der Waals surface area contributed by atoms with Crippen LogP contribution in [0.2, 0.25) is 5.02 Å². The van der Waals surface area contributed by atoms with Gasteiger partial charge in [-0.3, -0.25) is 4.79 Å². The number of rotatable bonds is 4. The number of carbonyl (C=O) groups excluding carboxylic acids is 1. The summed E-state index contributed by atoms with van der Waals surface area (Å²) >= 11 is 5.93. The summed E-state index contributed by atoms with van der Waals surface area (Å²) in [5.74, 6) is 0.120. The number of anilines is 1. The summed E-state index contributed by atoms with van der Waals surface area (Å²) in [5, 5.41) is 3.82. The molecule has 27 heavy (non-hydrogen) atoms. The highest BCUT2D eigenvalue weighted by molar-refractivity contribution is 6.30. The van der Waals surface area contributed by atoms with Crippen LogP contribution in [-0.2, 0) is 4.79 Å². The minimum atomic E-state index is -0.0372. The molecule has 3 aromatic rings. The Kier molecular flexibility index (Phi) is 5.03. The topological polar surface area (TPSA) is 58.4 Å². The number of aromatic nitrogens is 1. The highest BCUT2D eigenvalue weighted by Crippen LogP contribution is 2.27. The number of piperidine rings is 1. The maximum absolute atomic E-state index is 12.6. The van der Waals surface area contributed by atoms with Gasteiger partial charge in [0.05, 0.1) is 6.04 Å². The van der Waals surface area contributed by atoms with Crippen molar-refractivity contribution >= 4 is 34.6 Å². The molecule has 1 atom stereocenters. The van der Waals surface area contributed by atoms with Crippen LogP contribution in [0.15, 0.2) is 52.9 Å². The quantitative estimate of drug-likeness (QED) is 0.716. The van der Waals surface area contributed by atoms with Crippen molar-refractivity contribution < 1.29 is 9.21 Å². The molecule has 1 aliphatic heterocycles. The standard InChI is InChI=1S/C21H22ClN3O2/c1-14(15-6-8-17(22)9-7-15)23-20(26)16-10-12-25(13-11-16)21-24-18-4-2-3-5-19(18)27-21/h2-9,14,16H,10-13H2,1H3,(H,23,26). The van der Waals surface area contributed by atoms with Crippen LogP contribution in [0, 0.1) is 5.92 Å². The van der Waals surface area contributed by atoms with Gasteiger partial charge >= 0.3 is 0 Å². The van der Waals surface area contributed by atoms with E-state index in [2.05, 4.69) is 15.2 Å². The lowest BCUT2D eigenvalue weighted by atomic mass is 9.95. The van der Waals surface area contributed by atoms with Crippen molar-refractivity contribution in [3.8, 4) is 0 Å². The van der Waals surface area contributed by atoms with Gasteiger partial charge in [-0.05, 0) is 49.6 Å². The van der Waals surface area contributed by atoms with Crippen molar-refractivity contribution in [2.75, 3.05) is 18.0 Å². The highest BCUT2D eigenvalue weighted by Gasteiger charge is 2.28. The normalized spacial score (nSPS) is 16.4. The number of nitrogens with zero attached hydrogens (tertiary/aromatic N) is 2. The second-order valence-corrected chi connectivity index (χ2v) is 7.44. The third-order valence-corrected chi connectivity index (χ3v) is 5.40. The fraction of sp³-hybridized carbons (Fsp3) is 0.333. The lowest BCUT2D eigenvalue weighted by Gasteiger charge is -2.30. The second-order valence-electron chi connectivity index (χ2n) is 7.01. The Bertz CT molecular complexity index is 897. The number of para-hydroxylation sites is 2. The fourth-order valence-corrected chi connectivity index (χ4v) is 3.62. The van der Waals surface area contributed by atoms with Crippen LogP contribution >= 0.6 is 11.6 Å². The molecule has 140 valence electrons. The van der Waals surface area contributed by atoms with E-state index < -0.39 is 0 Å². The van der Waals surface area contributed by atoms with Crippen LogP contribution in [0.25, 0.3) is 11.1 Å². The third-order valence-electron chi connectivity index (χ3n) is 5.15. The Morgan fingerprint density at radius 1 is 1.19 bits per heavy atom. The number of amides is 1. The van der Waals surface area contributed by atoms with E-state index in [0.29, 0.717) is 11.0 Å². The van der Waals surface area contributed by atoms with Gasteiger partial charge in [0.25, 0.3) is 6.01 Å². The first-order valence-corrected chi connectivity index (χ1v) is 9.64. The van der Waals surface area contributed by atoms with Gasteiger partial charge in [-0.2, -0.15) is 4.98 Å². The van der Waals surface area contributed by atoms with E-state index in [1.165, 1.54) is 0 Å². The van der Waals surface area contributed by atoms with Crippen molar-refractivity contribution in [3.05, 3.63) is 59.1 Å². The van der Waals surface area contributed by atoms with Gasteiger partial charge in [0.1, 0.15) is 5.52 Å². The number of hydrogen-bond acceptors (Lipinski definition) is 4. The van der Waals surface area contributed by atoms with Gasteiger partial charge in [0, 0.05) is 24.0 Å². The molecule has 1 saturated heterocycles. The first-order chi connectivity index (χ1) is 13.1. The molecule has 1 unspecified atom stereocenters. The summed E-state index contributed by atoms with van der Waals surface area (Å²) < 4.78 is 5.84. The van der Waals surface area contributed by atoms with E-state index in [1.807, 2.05) is 55.5 Å². The monoisotopic (exact) mass is 383 g/mol. The highest BCUT2D eigenvalue weighted by atomic mass is 35.5. The number of carbonyl (C=O) groups is 1. The first kappa shape index (κ1) is 17.9. The summed E-state index contributed by atoms with van der Waals surface area (Å²) in [6.45, 7) is 3.52. The zero-order chi connectivity index (χ0) is 18.8. The van der Waals surface area contributed by atoms with Crippen LogP contribution in [0.1, 0.15) is 31.4 Å². The Balaban J connectivity index is 1.34. The third kappa shape index (κ3) is 3.93. The predicted octanol–water partition coefficient (Wildman–Crippen LogP) is 4.58.